The lowest BCUT2D eigenvalue weighted by Gasteiger charge is -2.09. The molecule has 7 nitrogen and oxygen atoms in total. The molecule has 8 heteroatoms. The molecule has 0 atom stereocenters. The number of nitriles is 1. The van der Waals surface area contributed by atoms with E-state index in [1.54, 1.807) is 31.2 Å². The highest BCUT2D eigenvalue weighted by molar-refractivity contribution is 9.10. The molecule has 0 saturated heterocycles. The minimum absolute atomic E-state index is 0.138. The third-order valence-corrected chi connectivity index (χ3v) is 5.06. The molecular weight excluding hydrogens is 474 g/mol. The number of nitro benzene ring substituents is 1. The molecule has 0 aliphatic heterocycles. The van der Waals surface area contributed by atoms with Gasteiger partial charge in [-0.15, -0.1) is 0 Å². The van der Waals surface area contributed by atoms with Gasteiger partial charge in [-0.05, 0) is 54.0 Å². The van der Waals surface area contributed by atoms with E-state index in [0.717, 1.165) is 10.0 Å². The molecule has 0 aromatic heterocycles. The third kappa shape index (κ3) is 6.03. The summed E-state index contributed by atoms with van der Waals surface area (Å²) < 4.78 is 6.79. The maximum Gasteiger partial charge on any atom is 0.271 e. The summed E-state index contributed by atoms with van der Waals surface area (Å²) in [6.45, 7) is 2.08. The Balaban J connectivity index is 1.74. The lowest BCUT2D eigenvalue weighted by atomic mass is 10.1. The third-order valence-electron chi connectivity index (χ3n) is 4.53. The maximum atomic E-state index is 12.6. The molecule has 0 aliphatic rings. The molecule has 0 aliphatic carbocycles. The standard InChI is InChI=1S/C24H18BrN3O4/c1-16-5-10-21(28(30)31)13-23(16)27-24(29)19(14-26)11-18-3-2-4-22(12-18)32-15-17-6-8-20(25)9-7-17/h2-13H,15H2,1H3,(H,27,29)/b19-11+. The lowest BCUT2D eigenvalue weighted by molar-refractivity contribution is -0.384. The van der Waals surface area contributed by atoms with Gasteiger partial charge in [-0.25, -0.2) is 0 Å². The van der Waals surface area contributed by atoms with Gasteiger partial charge in [0.15, 0.2) is 0 Å². The molecule has 0 heterocycles. The van der Waals surface area contributed by atoms with Crippen molar-refractivity contribution in [1.82, 2.24) is 0 Å². The van der Waals surface area contributed by atoms with Gasteiger partial charge in [0, 0.05) is 16.6 Å². The topological polar surface area (TPSA) is 105 Å². The van der Waals surface area contributed by atoms with Crippen LogP contribution in [0.15, 0.2) is 76.8 Å². The van der Waals surface area contributed by atoms with Gasteiger partial charge in [0.1, 0.15) is 24.0 Å². The lowest BCUT2D eigenvalue weighted by Crippen LogP contribution is -2.14. The summed E-state index contributed by atoms with van der Waals surface area (Å²) >= 11 is 3.39. The molecule has 32 heavy (non-hydrogen) atoms. The Bertz CT molecular complexity index is 1230. The van der Waals surface area contributed by atoms with Crippen molar-refractivity contribution in [3.05, 3.63) is 104 Å². The minimum Gasteiger partial charge on any atom is -0.489 e. The van der Waals surface area contributed by atoms with Gasteiger partial charge in [0.05, 0.1) is 10.6 Å². The number of carbonyl (C=O) groups is 1. The molecule has 0 spiro atoms. The van der Waals surface area contributed by atoms with Crippen molar-refractivity contribution in [2.75, 3.05) is 5.32 Å². The summed E-state index contributed by atoms with van der Waals surface area (Å²) in [6.07, 6.45) is 1.44. The number of hydrogen-bond acceptors (Lipinski definition) is 5. The number of benzene rings is 3. The molecular formula is C24H18BrN3O4. The average molecular weight is 492 g/mol. The number of ether oxygens (including phenoxy) is 1. The van der Waals surface area contributed by atoms with Crippen LogP contribution in [0.4, 0.5) is 11.4 Å². The van der Waals surface area contributed by atoms with Gasteiger partial charge in [0.25, 0.3) is 11.6 Å². The molecule has 3 aromatic rings. The van der Waals surface area contributed by atoms with Crippen LogP contribution in [0.25, 0.3) is 6.08 Å². The highest BCUT2D eigenvalue weighted by Crippen LogP contribution is 2.23. The van der Waals surface area contributed by atoms with Crippen molar-refractivity contribution in [2.45, 2.75) is 13.5 Å². The number of non-ortho nitro benzene ring substituents is 1. The Morgan fingerprint density at radius 2 is 1.94 bits per heavy atom. The number of nitrogens with zero attached hydrogens (tertiary/aromatic N) is 2. The molecule has 1 amide bonds. The first-order valence-electron chi connectivity index (χ1n) is 9.51. The Kier molecular flexibility index (Phi) is 7.37. The summed E-state index contributed by atoms with van der Waals surface area (Å²) in [6, 6.07) is 20.8. The van der Waals surface area contributed by atoms with Crippen molar-refractivity contribution in [1.29, 1.82) is 5.26 Å². The fourth-order valence-corrected chi connectivity index (χ4v) is 3.07. The number of nitrogens with one attached hydrogen (secondary N) is 1. The Morgan fingerprint density at radius 1 is 1.19 bits per heavy atom. The highest BCUT2D eigenvalue weighted by Gasteiger charge is 2.14. The first kappa shape index (κ1) is 22.7. The van der Waals surface area contributed by atoms with Crippen molar-refractivity contribution < 1.29 is 14.5 Å². The van der Waals surface area contributed by atoms with Crippen molar-refractivity contribution in [2.24, 2.45) is 0 Å². The van der Waals surface area contributed by atoms with Crippen molar-refractivity contribution >= 4 is 39.3 Å². The first-order valence-corrected chi connectivity index (χ1v) is 10.3. The monoisotopic (exact) mass is 491 g/mol. The first-order chi connectivity index (χ1) is 15.4. The van der Waals surface area contributed by atoms with Crippen LogP contribution in [-0.4, -0.2) is 10.8 Å². The quantitative estimate of drug-likeness (QED) is 0.195. The van der Waals surface area contributed by atoms with Gasteiger partial charge in [0.2, 0.25) is 0 Å². The fourth-order valence-electron chi connectivity index (χ4n) is 2.80. The van der Waals surface area contributed by atoms with E-state index in [1.165, 1.54) is 24.3 Å². The van der Waals surface area contributed by atoms with Crippen LogP contribution in [0.3, 0.4) is 0 Å². The van der Waals surface area contributed by atoms with Crippen LogP contribution < -0.4 is 10.1 Å². The van der Waals surface area contributed by atoms with E-state index >= 15 is 0 Å². The van der Waals surface area contributed by atoms with E-state index in [4.69, 9.17) is 4.74 Å². The van der Waals surface area contributed by atoms with Crippen LogP contribution in [0.2, 0.25) is 0 Å². The number of nitro groups is 1. The maximum absolute atomic E-state index is 12.6. The predicted octanol–water partition coefficient (Wildman–Crippen LogP) is 5.79. The van der Waals surface area contributed by atoms with Crippen LogP contribution in [0.5, 0.6) is 5.75 Å². The van der Waals surface area contributed by atoms with E-state index in [1.807, 2.05) is 30.3 Å². The number of halogens is 1. The summed E-state index contributed by atoms with van der Waals surface area (Å²) in [4.78, 5) is 23.0. The van der Waals surface area contributed by atoms with Crippen LogP contribution >= 0.6 is 15.9 Å². The molecule has 0 saturated carbocycles. The predicted molar refractivity (Wildman–Crippen MR) is 125 cm³/mol. The molecule has 0 bridgehead atoms. The largest absolute Gasteiger partial charge is 0.489 e. The van der Waals surface area contributed by atoms with Gasteiger partial charge in [-0.2, -0.15) is 5.26 Å². The van der Waals surface area contributed by atoms with Crippen molar-refractivity contribution in [3.8, 4) is 11.8 Å². The summed E-state index contributed by atoms with van der Waals surface area (Å²) in [5, 5.41) is 23.0. The summed E-state index contributed by atoms with van der Waals surface area (Å²) in [5.41, 5.74) is 2.24. The Morgan fingerprint density at radius 3 is 2.62 bits per heavy atom. The van der Waals surface area contributed by atoms with Crippen molar-refractivity contribution in [3.63, 3.8) is 0 Å². The number of carbonyl (C=O) groups excluding carboxylic acids is 1. The number of amides is 1. The van der Waals surface area contributed by atoms with E-state index in [-0.39, 0.29) is 16.9 Å². The fraction of sp³-hybridized carbons (Fsp3) is 0.0833. The SMILES string of the molecule is Cc1ccc([N+](=O)[O-])cc1NC(=O)/C(C#N)=C/c1cccc(OCc2ccc(Br)cc2)c1. The van der Waals surface area contributed by atoms with E-state index in [2.05, 4.69) is 21.2 Å². The molecule has 0 fully saturated rings. The van der Waals surface area contributed by atoms with Crippen LogP contribution in [0, 0.1) is 28.4 Å². The number of aryl methyl sites for hydroxylation is 1. The normalized spacial score (nSPS) is 10.8. The van der Waals surface area contributed by atoms with Gasteiger partial charge in [-0.1, -0.05) is 46.3 Å². The number of anilines is 1. The summed E-state index contributed by atoms with van der Waals surface area (Å²) in [7, 11) is 0. The molecule has 1 N–H and O–H groups in total. The van der Waals surface area contributed by atoms with Gasteiger partial charge in [-0.3, -0.25) is 14.9 Å². The zero-order valence-corrected chi connectivity index (χ0v) is 18.6. The molecule has 3 rings (SSSR count). The van der Waals surface area contributed by atoms with E-state index < -0.39 is 10.8 Å². The molecule has 0 radical (unpaired) electrons. The zero-order chi connectivity index (χ0) is 23.1. The minimum atomic E-state index is -0.655. The smallest absolute Gasteiger partial charge is 0.271 e. The summed E-state index contributed by atoms with van der Waals surface area (Å²) in [5.74, 6) is -0.0637. The second-order valence-electron chi connectivity index (χ2n) is 6.87. The number of hydrogen-bond donors (Lipinski definition) is 1. The average Bonchev–Trinajstić information content (AvgIpc) is 2.78. The van der Waals surface area contributed by atoms with Crippen LogP contribution in [0.1, 0.15) is 16.7 Å². The van der Waals surface area contributed by atoms with Gasteiger partial charge < -0.3 is 10.1 Å². The molecule has 3 aromatic carbocycles. The second-order valence-corrected chi connectivity index (χ2v) is 7.78. The zero-order valence-electron chi connectivity index (χ0n) is 17.0. The molecule has 0 unspecified atom stereocenters. The second kappa shape index (κ2) is 10.4. The molecule has 160 valence electrons. The van der Waals surface area contributed by atoms with Crippen LogP contribution in [-0.2, 0) is 11.4 Å². The Hall–Kier alpha value is -3.96. The Labute approximate surface area is 193 Å². The van der Waals surface area contributed by atoms with E-state index in [9.17, 15) is 20.2 Å². The van der Waals surface area contributed by atoms with Gasteiger partial charge >= 0.3 is 0 Å². The number of rotatable bonds is 7. The van der Waals surface area contributed by atoms with E-state index in [0.29, 0.717) is 23.5 Å². The highest BCUT2D eigenvalue weighted by atomic mass is 79.9.